The molecule has 138 valence electrons. The highest BCUT2D eigenvalue weighted by atomic mass is 127. The molecule has 2 rings (SSSR count). The Balaban J connectivity index is 0.00000312. The number of hydrogen-bond donors (Lipinski definition) is 2. The van der Waals surface area contributed by atoms with E-state index < -0.39 is 0 Å². The van der Waals surface area contributed by atoms with Gasteiger partial charge in [0.15, 0.2) is 5.96 Å². The largest absolute Gasteiger partial charge is 0.354 e. The van der Waals surface area contributed by atoms with E-state index in [-0.39, 0.29) is 24.0 Å². The van der Waals surface area contributed by atoms with Crippen LogP contribution in [0.1, 0.15) is 43.7 Å². The van der Waals surface area contributed by atoms with Crippen molar-refractivity contribution < 1.29 is 0 Å². The van der Waals surface area contributed by atoms with Gasteiger partial charge in [0.25, 0.3) is 0 Å². The van der Waals surface area contributed by atoms with Crippen LogP contribution in [0.4, 0.5) is 0 Å². The van der Waals surface area contributed by atoms with Crippen molar-refractivity contribution in [3.8, 4) is 6.07 Å². The molecule has 1 aromatic carbocycles. The molecule has 1 saturated heterocycles. The molecular weight excluding hydrogens is 425 g/mol. The van der Waals surface area contributed by atoms with E-state index in [1.165, 1.54) is 32.5 Å². The summed E-state index contributed by atoms with van der Waals surface area (Å²) in [4.78, 5) is 6.89. The highest BCUT2D eigenvalue weighted by Crippen LogP contribution is 2.11. The number of nitriles is 1. The van der Waals surface area contributed by atoms with E-state index in [0.717, 1.165) is 24.4 Å². The van der Waals surface area contributed by atoms with Gasteiger partial charge in [-0.1, -0.05) is 25.5 Å². The van der Waals surface area contributed by atoms with Crippen LogP contribution in [0.15, 0.2) is 29.3 Å². The SMILES string of the molecule is CCCCN1CCC(NC(=NC)NCc2cccc(C#N)c2)CC1.I. The zero-order chi connectivity index (χ0) is 17.2. The number of aliphatic imine (C=N–C) groups is 1. The first-order valence-corrected chi connectivity index (χ1v) is 8.93. The summed E-state index contributed by atoms with van der Waals surface area (Å²) in [6, 6.07) is 10.3. The molecule has 1 aliphatic rings. The smallest absolute Gasteiger partial charge is 0.191 e. The molecule has 25 heavy (non-hydrogen) atoms. The van der Waals surface area contributed by atoms with E-state index in [1.807, 2.05) is 24.3 Å². The summed E-state index contributed by atoms with van der Waals surface area (Å²) in [6.45, 7) is 6.48. The Bertz CT molecular complexity index is 573. The molecule has 0 spiro atoms. The van der Waals surface area contributed by atoms with Crippen molar-refractivity contribution in [3.63, 3.8) is 0 Å². The molecule has 2 N–H and O–H groups in total. The highest BCUT2D eigenvalue weighted by molar-refractivity contribution is 14.0. The molecule has 0 unspecified atom stereocenters. The maximum absolute atomic E-state index is 8.97. The maximum atomic E-state index is 8.97. The third-order valence-electron chi connectivity index (χ3n) is 4.50. The van der Waals surface area contributed by atoms with Gasteiger partial charge in [-0.25, -0.2) is 0 Å². The van der Waals surface area contributed by atoms with Crippen molar-refractivity contribution in [3.05, 3.63) is 35.4 Å². The number of nitrogens with one attached hydrogen (secondary N) is 2. The van der Waals surface area contributed by atoms with Crippen molar-refractivity contribution in [1.29, 1.82) is 5.26 Å². The number of guanidine groups is 1. The topological polar surface area (TPSA) is 63.4 Å². The summed E-state index contributed by atoms with van der Waals surface area (Å²) >= 11 is 0. The number of halogens is 1. The van der Waals surface area contributed by atoms with Crippen LogP contribution in [-0.4, -0.2) is 43.6 Å². The van der Waals surface area contributed by atoms with E-state index in [0.29, 0.717) is 18.2 Å². The second-order valence-corrected chi connectivity index (χ2v) is 6.35. The molecule has 1 aliphatic heterocycles. The van der Waals surface area contributed by atoms with Gasteiger partial charge in [-0.05, 0) is 43.5 Å². The molecule has 0 aromatic heterocycles. The molecule has 0 amide bonds. The molecular formula is C19H30IN5. The first-order chi connectivity index (χ1) is 11.7. The van der Waals surface area contributed by atoms with Crippen LogP contribution in [0.5, 0.6) is 0 Å². The minimum Gasteiger partial charge on any atom is -0.354 e. The fourth-order valence-corrected chi connectivity index (χ4v) is 3.01. The second-order valence-electron chi connectivity index (χ2n) is 6.35. The quantitative estimate of drug-likeness (QED) is 0.393. The number of benzene rings is 1. The monoisotopic (exact) mass is 455 g/mol. The van der Waals surface area contributed by atoms with Gasteiger partial charge in [-0.3, -0.25) is 4.99 Å². The first-order valence-electron chi connectivity index (χ1n) is 8.93. The molecule has 0 saturated carbocycles. The van der Waals surface area contributed by atoms with Crippen molar-refractivity contribution >= 4 is 29.9 Å². The van der Waals surface area contributed by atoms with Gasteiger partial charge in [0, 0.05) is 32.7 Å². The fourth-order valence-electron chi connectivity index (χ4n) is 3.01. The standard InChI is InChI=1S/C19H29N5.HI/c1-3-4-10-24-11-8-18(9-12-24)23-19(21-2)22-15-17-7-5-6-16(13-17)14-20;/h5-7,13,18H,3-4,8-12,15H2,1-2H3,(H2,21,22,23);1H. The lowest BCUT2D eigenvalue weighted by atomic mass is 10.0. The number of piperidine rings is 1. The van der Waals surface area contributed by atoms with E-state index in [9.17, 15) is 0 Å². The van der Waals surface area contributed by atoms with Crippen molar-refractivity contribution in [2.75, 3.05) is 26.7 Å². The van der Waals surface area contributed by atoms with Gasteiger partial charge >= 0.3 is 0 Å². The summed E-state index contributed by atoms with van der Waals surface area (Å²) in [5.41, 5.74) is 1.78. The van der Waals surface area contributed by atoms with Gasteiger partial charge < -0.3 is 15.5 Å². The van der Waals surface area contributed by atoms with Crippen LogP contribution in [0.25, 0.3) is 0 Å². The average Bonchev–Trinajstić information content (AvgIpc) is 2.64. The Morgan fingerprint density at radius 1 is 1.36 bits per heavy atom. The number of unbranched alkanes of at least 4 members (excludes halogenated alkanes) is 1. The Morgan fingerprint density at radius 3 is 2.76 bits per heavy atom. The van der Waals surface area contributed by atoms with Crippen LogP contribution >= 0.6 is 24.0 Å². The fraction of sp³-hybridized carbons (Fsp3) is 0.579. The number of hydrogen-bond acceptors (Lipinski definition) is 3. The minimum absolute atomic E-state index is 0. The third kappa shape index (κ3) is 7.61. The highest BCUT2D eigenvalue weighted by Gasteiger charge is 2.19. The molecule has 6 heteroatoms. The average molecular weight is 455 g/mol. The normalized spacial score (nSPS) is 16.0. The molecule has 0 radical (unpaired) electrons. The molecule has 0 atom stereocenters. The zero-order valence-corrected chi connectivity index (χ0v) is 17.6. The molecule has 1 fully saturated rings. The third-order valence-corrected chi connectivity index (χ3v) is 4.50. The summed E-state index contributed by atoms with van der Waals surface area (Å²) in [6.07, 6.45) is 4.88. The van der Waals surface area contributed by atoms with Crippen LogP contribution in [0, 0.1) is 11.3 Å². The Labute approximate surface area is 168 Å². The van der Waals surface area contributed by atoms with Crippen LogP contribution in [-0.2, 0) is 6.54 Å². The summed E-state index contributed by atoms with van der Waals surface area (Å²) in [7, 11) is 1.80. The molecule has 1 heterocycles. The van der Waals surface area contributed by atoms with Crippen molar-refractivity contribution in [2.24, 2.45) is 4.99 Å². The molecule has 0 aliphatic carbocycles. The van der Waals surface area contributed by atoms with Gasteiger partial charge in [0.2, 0.25) is 0 Å². The van der Waals surface area contributed by atoms with Gasteiger partial charge in [-0.2, -0.15) is 5.26 Å². The van der Waals surface area contributed by atoms with Crippen LogP contribution in [0.3, 0.4) is 0 Å². The van der Waals surface area contributed by atoms with Gasteiger partial charge in [0.1, 0.15) is 0 Å². The van der Waals surface area contributed by atoms with E-state index in [1.54, 1.807) is 7.05 Å². The summed E-state index contributed by atoms with van der Waals surface area (Å²) in [5, 5.41) is 15.8. The first kappa shape index (κ1) is 21.7. The van der Waals surface area contributed by atoms with Crippen molar-refractivity contribution in [1.82, 2.24) is 15.5 Å². The second kappa shape index (κ2) is 12.1. The minimum atomic E-state index is 0. The van der Waals surface area contributed by atoms with E-state index >= 15 is 0 Å². The predicted octanol–water partition coefficient (Wildman–Crippen LogP) is 3.11. The molecule has 5 nitrogen and oxygen atoms in total. The van der Waals surface area contributed by atoms with E-state index in [4.69, 9.17) is 5.26 Å². The lowest BCUT2D eigenvalue weighted by Crippen LogP contribution is -2.48. The molecule has 1 aromatic rings. The lowest BCUT2D eigenvalue weighted by Gasteiger charge is -2.33. The van der Waals surface area contributed by atoms with Crippen LogP contribution in [0.2, 0.25) is 0 Å². The molecule has 0 bridgehead atoms. The van der Waals surface area contributed by atoms with E-state index in [2.05, 4.69) is 33.5 Å². The Morgan fingerprint density at radius 2 is 2.12 bits per heavy atom. The van der Waals surface area contributed by atoms with Gasteiger partial charge in [-0.15, -0.1) is 24.0 Å². The Kier molecular flexibility index (Phi) is 10.5. The lowest BCUT2D eigenvalue weighted by molar-refractivity contribution is 0.203. The summed E-state index contributed by atoms with van der Waals surface area (Å²) in [5.74, 6) is 0.837. The predicted molar refractivity (Wildman–Crippen MR) is 114 cm³/mol. The van der Waals surface area contributed by atoms with Gasteiger partial charge in [0.05, 0.1) is 11.6 Å². The number of rotatable bonds is 6. The summed E-state index contributed by atoms with van der Waals surface area (Å²) < 4.78 is 0. The van der Waals surface area contributed by atoms with Crippen molar-refractivity contribution in [2.45, 2.75) is 45.2 Å². The van der Waals surface area contributed by atoms with Crippen LogP contribution < -0.4 is 10.6 Å². The zero-order valence-electron chi connectivity index (χ0n) is 15.3. The Hall–Kier alpha value is -1.33. The maximum Gasteiger partial charge on any atom is 0.191 e. The number of nitrogens with zero attached hydrogens (tertiary/aromatic N) is 3. The number of likely N-dealkylation sites (tertiary alicyclic amines) is 1.